The minimum atomic E-state index is -0.436. The van der Waals surface area contributed by atoms with Gasteiger partial charge in [-0.1, -0.05) is 17.7 Å². The average Bonchev–Trinajstić information content (AvgIpc) is 2.36. The first-order valence-electron chi connectivity index (χ1n) is 5.53. The lowest BCUT2D eigenvalue weighted by Crippen LogP contribution is -1.95. The van der Waals surface area contributed by atoms with E-state index in [1.54, 1.807) is 31.3 Å². The first-order chi connectivity index (χ1) is 8.99. The second-order valence-electron chi connectivity index (χ2n) is 4.03. The summed E-state index contributed by atoms with van der Waals surface area (Å²) in [5.74, 6) is 0.961. The van der Waals surface area contributed by atoms with Crippen molar-refractivity contribution in [1.29, 1.82) is 0 Å². The van der Waals surface area contributed by atoms with Crippen molar-refractivity contribution < 1.29 is 9.66 Å². The van der Waals surface area contributed by atoms with E-state index >= 15 is 0 Å². The van der Waals surface area contributed by atoms with Gasteiger partial charge in [0, 0.05) is 23.9 Å². The Hall–Kier alpha value is -2.14. The number of nitro benzene ring substituents is 1. The fraction of sp³-hybridized carbons (Fsp3) is 0.154. The molecular weight excluding hydrogens is 268 g/mol. The van der Waals surface area contributed by atoms with Crippen molar-refractivity contribution >= 4 is 17.3 Å². The number of nitro groups is 1. The highest BCUT2D eigenvalue weighted by Crippen LogP contribution is 2.32. The van der Waals surface area contributed by atoms with Crippen LogP contribution in [0.1, 0.15) is 11.1 Å². The largest absolute Gasteiger partial charge is 0.456 e. The van der Waals surface area contributed by atoms with Crippen molar-refractivity contribution in [2.45, 2.75) is 13.8 Å². The molecule has 0 aliphatic rings. The highest BCUT2D eigenvalue weighted by Gasteiger charge is 2.15. The first kappa shape index (κ1) is 13.3. The number of aromatic nitrogens is 1. The first-order valence-corrected chi connectivity index (χ1v) is 5.91. The van der Waals surface area contributed by atoms with Crippen LogP contribution in [0.3, 0.4) is 0 Å². The smallest absolute Gasteiger partial charge is 0.276 e. The Kier molecular flexibility index (Phi) is 3.66. The Bertz CT molecular complexity index is 644. The fourth-order valence-corrected chi connectivity index (χ4v) is 1.77. The minimum absolute atomic E-state index is 0.0234. The molecule has 0 unspecified atom stereocenters. The second kappa shape index (κ2) is 5.24. The van der Waals surface area contributed by atoms with Crippen LogP contribution in [0.15, 0.2) is 30.5 Å². The highest BCUT2D eigenvalue weighted by molar-refractivity contribution is 6.29. The zero-order valence-electron chi connectivity index (χ0n) is 10.4. The highest BCUT2D eigenvalue weighted by atomic mass is 35.5. The van der Waals surface area contributed by atoms with Crippen molar-refractivity contribution in [2.75, 3.05) is 0 Å². The van der Waals surface area contributed by atoms with E-state index in [2.05, 4.69) is 4.98 Å². The van der Waals surface area contributed by atoms with Gasteiger partial charge in [-0.25, -0.2) is 4.98 Å². The van der Waals surface area contributed by atoms with Gasteiger partial charge in [0.05, 0.1) is 10.5 Å². The summed E-state index contributed by atoms with van der Waals surface area (Å²) in [5, 5.41) is 11.2. The van der Waals surface area contributed by atoms with Gasteiger partial charge in [0.15, 0.2) is 0 Å². The summed E-state index contributed by atoms with van der Waals surface area (Å²) in [6.45, 7) is 3.47. The monoisotopic (exact) mass is 278 g/mol. The predicted molar refractivity (Wildman–Crippen MR) is 71.9 cm³/mol. The molecule has 1 heterocycles. The van der Waals surface area contributed by atoms with E-state index in [0.29, 0.717) is 22.2 Å². The molecule has 2 rings (SSSR count). The van der Waals surface area contributed by atoms with Crippen molar-refractivity contribution in [3.05, 3.63) is 56.9 Å². The number of hydrogen-bond acceptors (Lipinski definition) is 4. The predicted octanol–water partition coefficient (Wildman–Crippen LogP) is 4.05. The Morgan fingerprint density at radius 1 is 1.32 bits per heavy atom. The minimum Gasteiger partial charge on any atom is -0.456 e. The molecule has 0 aliphatic carbocycles. The van der Waals surface area contributed by atoms with Crippen LogP contribution in [-0.2, 0) is 0 Å². The summed E-state index contributed by atoms with van der Waals surface area (Å²) in [6.07, 6.45) is 1.59. The Morgan fingerprint density at radius 2 is 2.05 bits per heavy atom. The molecule has 0 bridgehead atoms. The summed E-state index contributed by atoms with van der Waals surface area (Å²) in [6, 6.07) is 6.28. The number of aryl methyl sites for hydroxylation is 1. The van der Waals surface area contributed by atoms with Gasteiger partial charge in [-0.3, -0.25) is 10.1 Å². The van der Waals surface area contributed by atoms with Gasteiger partial charge in [-0.15, -0.1) is 0 Å². The molecule has 1 aromatic heterocycles. The summed E-state index contributed by atoms with van der Waals surface area (Å²) in [4.78, 5) is 14.4. The molecule has 5 nitrogen and oxygen atoms in total. The van der Waals surface area contributed by atoms with E-state index in [4.69, 9.17) is 16.3 Å². The zero-order chi connectivity index (χ0) is 14.0. The van der Waals surface area contributed by atoms with E-state index in [1.165, 1.54) is 6.07 Å². The molecule has 0 spiro atoms. The van der Waals surface area contributed by atoms with E-state index in [1.807, 2.05) is 6.92 Å². The molecule has 0 N–H and O–H groups in total. The maximum atomic E-state index is 10.9. The number of pyridine rings is 1. The fourth-order valence-electron chi connectivity index (χ4n) is 1.62. The molecule has 0 amide bonds. The third-order valence-electron chi connectivity index (χ3n) is 2.69. The number of ether oxygens (including phenoxy) is 1. The molecule has 0 atom stereocenters. The number of hydrogen-bond donors (Lipinski definition) is 0. The van der Waals surface area contributed by atoms with Gasteiger partial charge in [-0.05, 0) is 19.9 Å². The molecule has 0 radical (unpaired) electrons. The van der Waals surface area contributed by atoms with Crippen LogP contribution < -0.4 is 4.74 Å². The Labute approximate surface area is 115 Å². The van der Waals surface area contributed by atoms with Gasteiger partial charge in [0.25, 0.3) is 5.69 Å². The number of rotatable bonds is 3. The van der Waals surface area contributed by atoms with Gasteiger partial charge in [0.1, 0.15) is 16.7 Å². The maximum Gasteiger partial charge on any atom is 0.276 e. The lowest BCUT2D eigenvalue weighted by molar-refractivity contribution is -0.385. The molecule has 0 saturated heterocycles. The van der Waals surface area contributed by atoms with E-state index in [0.717, 1.165) is 5.56 Å². The lowest BCUT2D eigenvalue weighted by atomic mass is 10.2. The molecule has 19 heavy (non-hydrogen) atoms. The molecule has 6 heteroatoms. The number of nitrogens with zero attached hydrogens (tertiary/aromatic N) is 2. The topological polar surface area (TPSA) is 65.3 Å². The molecule has 0 saturated carbocycles. The van der Waals surface area contributed by atoms with Crippen LogP contribution in [0.25, 0.3) is 0 Å². The summed E-state index contributed by atoms with van der Waals surface area (Å²) >= 11 is 5.81. The van der Waals surface area contributed by atoms with Crippen LogP contribution in [0.2, 0.25) is 5.15 Å². The number of halogens is 1. The van der Waals surface area contributed by atoms with E-state index < -0.39 is 4.92 Å². The molecule has 1 aromatic carbocycles. The van der Waals surface area contributed by atoms with Gasteiger partial charge in [-0.2, -0.15) is 0 Å². The third-order valence-corrected chi connectivity index (χ3v) is 2.90. The van der Waals surface area contributed by atoms with Crippen LogP contribution in [0.5, 0.6) is 11.5 Å². The van der Waals surface area contributed by atoms with Crippen LogP contribution >= 0.6 is 11.6 Å². The van der Waals surface area contributed by atoms with E-state index in [-0.39, 0.29) is 5.69 Å². The van der Waals surface area contributed by atoms with Gasteiger partial charge < -0.3 is 4.74 Å². The van der Waals surface area contributed by atoms with Crippen molar-refractivity contribution in [2.24, 2.45) is 0 Å². The maximum absolute atomic E-state index is 10.9. The molecule has 98 valence electrons. The quantitative estimate of drug-likeness (QED) is 0.482. The van der Waals surface area contributed by atoms with Crippen LogP contribution in [-0.4, -0.2) is 9.91 Å². The normalized spacial score (nSPS) is 10.3. The van der Waals surface area contributed by atoms with Crippen molar-refractivity contribution in [3.8, 4) is 11.5 Å². The zero-order valence-corrected chi connectivity index (χ0v) is 11.1. The molecule has 0 aliphatic heterocycles. The van der Waals surface area contributed by atoms with Gasteiger partial charge in [0.2, 0.25) is 0 Å². The SMILES string of the molecule is Cc1cnc(Cl)cc1Oc1cccc([N+](=O)[O-])c1C. The third kappa shape index (κ3) is 2.82. The standard InChI is InChI=1S/C13H11ClN2O3/c1-8-7-15-13(14)6-12(8)19-11-5-3-4-10(9(11)2)16(17)18/h3-7H,1-2H3. The Balaban J connectivity index is 2.41. The van der Waals surface area contributed by atoms with E-state index in [9.17, 15) is 10.1 Å². The van der Waals surface area contributed by atoms with Crippen LogP contribution in [0, 0.1) is 24.0 Å². The van der Waals surface area contributed by atoms with Crippen molar-refractivity contribution in [1.82, 2.24) is 4.98 Å². The van der Waals surface area contributed by atoms with Gasteiger partial charge >= 0.3 is 0 Å². The van der Waals surface area contributed by atoms with Crippen LogP contribution in [0.4, 0.5) is 5.69 Å². The molecule has 0 fully saturated rings. The van der Waals surface area contributed by atoms with Crippen molar-refractivity contribution in [3.63, 3.8) is 0 Å². The Morgan fingerprint density at radius 3 is 2.74 bits per heavy atom. The summed E-state index contributed by atoms with van der Waals surface area (Å²) < 4.78 is 5.68. The lowest BCUT2D eigenvalue weighted by Gasteiger charge is -2.10. The summed E-state index contributed by atoms with van der Waals surface area (Å²) in [5.41, 5.74) is 1.30. The summed E-state index contributed by atoms with van der Waals surface area (Å²) in [7, 11) is 0. The molecular formula is C13H11ClN2O3. The number of benzene rings is 1. The average molecular weight is 279 g/mol. The molecule has 2 aromatic rings. The second-order valence-corrected chi connectivity index (χ2v) is 4.42.